The molecule has 0 spiro atoms. The number of rotatable bonds is 3. The number of aryl methyl sites for hydroxylation is 1. The van der Waals surface area contributed by atoms with Crippen molar-refractivity contribution < 1.29 is 4.79 Å². The van der Waals surface area contributed by atoms with Crippen molar-refractivity contribution in [2.75, 3.05) is 5.32 Å². The first-order valence-electron chi connectivity index (χ1n) is 7.39. The van der Waals surface area contributed by atoms with Crippen molar-refractivity contribution >= 4 is 45.7 Å². The number of pyridine rings is 1. The van der Waals surface area contributed by atoms with Crippen LogP contribution < -0.4 is 10.7 Å². The molecule has 4 nitrogen and oxygen atoms in total. The van der Waals surface area contributed by atoms with Gasteiger partial charge >= 0.3 is 0 Å². The van der Waals surface area contributed by atoms with E-state index in [0.717, 1.165) is 5.52 Å². The lowest BCUT2D eigenvalue weighted by Gasteiger charge is -2.12. The number of para-hydroxylation sites is 1. The molecule has 1 heterocycles. The highest BCUT2D eigenvalue weighted by molar-refractivity contribution is 6.35. The summed E-state index contributed by atoms with van der Waals surface area (Å²) in [6, 6.07) is 11.9. The molecule has 0 saturated carbocycles. The Balaban J connectivity index is 2.07. The number of carbonyl (C=O) groups excluding carboxylic acids is 1. The fraction of sp³-hybridized carbons (Fsp3) is 0.111. The molecule has 24 heavy (non-hydrogen) atoms. The lowest BCUT2D eigenvalue weighted by atomic mass is 10.1. The van der Waals surface area contributed by atoms with Gasteiger partial charge in [0.05, 0.1) is 5.52 Å². The van der Waals surface area contributed by atoms with Gasteiger partial charge < -0.3 is 9.88 Å². The molecule has 1 aromatic heterocycles. The second kappa shape index (κ2) is 6.67. The normalized spacial score (nSPS) is 10.8. The van der Waals surface area contributed by atoms with Gasteiger partial charge in [0.2, 0.25) is 5.43 Å². The monoisotopic (exact) mass is 360 g/mol. The van der Waals surface area contributed by atoms with Crippen LogP contribution in [0.3, 0.4) is 0 Å². The summed E-state index contributed by atoms with van der Waals surface area (Å²) in [6.07, 6.45) is 1.58. The number of fused-ring (bicyclic) bond motifs is 1. The topological polar surface area (TPSA) is 51.1 Å². The number of aromatic nitrogens is 1. The van der Waals surface area contributed by atoms with Crippen LogP contribution in [0, 0.1) is 0 Å². The number of amides is 1. The van der Waals surface area contributed by atoms with Crippen LogP contribution in [-0.2, 0) is 6.54 Å². The van der Waals surface area contributed by atoms with Crippen LogP contribution in [-0.4, -0.2) is 10.5 Å². The van der Waals surface area contributed by atoms with Gasteiger partial charge in [0, 0.05) is 33.9 Å². The first-order chi connectivity index (χ1) is 11.5. The summed E-state index contributed by atoms with van der Waals surface area (Å²) in [4.78, 5) is 25.2. The Hall–Kier alpha value is -2.30. The predicted octanol–water partition coefficient (Wildman–Crippen LogP) is 4.58. The predicted molar refractivity (Wildman–Crippen MR) is 98.3 cm³/mol. The molecule has 2 aromatic carbocycles. The zero-order chi connectivity index (χ0) is 17.3. The maximum absolute atomic E-state index is 12.6. The fourth-order valence-electron chi connectivity index (χ4n) is 2.59. The third kappa shape index (κ3) is 3.16. The number of halogens is 2. The van der Waals surface area contributed by atoms with Gasteiger partial charge in [-0.1, -0.05) is 35.3 Å². The van der Waals surface area contributed by atoms with E-state index in [2.05, 4.69) is 5.32 Å². The minimum absolute atomic E-state index is 0.0756. The Morgan fingerprint density at radius 1 is 1.12 bits per heavy atom. The van der Waals surface area contributed by atoms with Gasteiger partial charge in [0.15, 0.2) is 0 Å². The van der Waals surface area contributed by atoms with E-state index < -0.39 is 5.91 Å². The summed E-state index contributed by atoms with van der Waals surface area (Å²) < 4.78 is 1.87. The highest BCUT2D eigenvalue weighted by Gasteiger charge is 2.15. The van der Waals surface area contributed by atoms with Crippen molar-refractivity contribution in [2.24, 2.45) is 0 Å². The minimum atomic E-state index is -0.494. The molecule has 0 aliphatic rings. The van der Waals surface area contributed by atoms with Gasteiger partial charge in [-0.25, -0.2) is 0 Å². The van der Waals surface area contributed by atoms with Crippen LogP contribution in [0.2, 0.25) is 10.0 Å². The summed E-state index contributed by atoms with van der Waals surface area (Å²) in [5.74, 6) is -0.494. The van der Waals surface area contributed by atoms with E-state index in [4.69, 9.17) is 23.2 Å². The van der Waals surface area contributed by atoms with Crippen molar-refractivity contribution in [3.63, 3.8) is 0 Å². The lowest BCUT2D eigenvalue weighted by molar-refractivity contribution is 0.102. The van der Waals surface area contributed by atoms with E-state index in [0.29, 0.717) is 27.7 Å². The SMILES string of the molecule is CCn1cc(C(=O)Nc2cc(Cl)cc(Cl)c2)c(=O)c2ccccc21. The number of benzene rings is 2. The van der Waals surface area contributed by atoms with Crippen molar-refractivity contribution in [2.45, 2.75) is 13.5 Å². The van der Waals surface area contributed by atoms with Gasteiger partial charge in [0.25, 0.3) is 5.91 Å². The van der Waals surface area contributed by atoms with Crippen molar-refractivity contribution in [3.05, 3.63) is 74.5 Å². The molecule has 0 atom stereocenters. The number of nitrogens with one attached hydrogen (secondary N) is 1. The van der Waals surface area contributed by atoms with Crippen molar-refractivity contribution in [1.82, 2.24) is 4.57 Å². The zero-order valence-corrected chi connectivity index (χ0v) is 14.4. The minimum Gasteiger partial charge on any atom is -0.347 e. The molecule has 0 aliphatic carbocycles. The quantitative estimate of drug-likeness (QED) is 0.742. The van der Waals surface area contributed by atoms with E-state index in [9.17, 15) is 9.59 Å². The molecule has 0 unspecified atom stereocenters. The Labute approximate surface area is 148 Å². The molecule has 1 amide bonds. The molecule has 6 heteroatoms. The second-order valence-corrected chi connectivity index (χ2v) is 6.16. The molecule has 3 rings (SSSR count). The number of carbonyl (C=O) groups is 1. The second-order valence-electron chi connectivity index (χ2n) is 5.29. The van der Waals surface area contributed by atoms with Crippen LogP contribution in [0.15, 0.2) is 53.5 Å². The molecule has 0 radical (unpaired) electrons. The van der Waals surface area contributed by atoms with Gasteiger partial charge in [-0.15, -0.1) is 0 Å². The van der Waals surface area contributed by atoms with Crippen LogP contribution in [0.5, 0.6) is 0 Å². The number of anilines is 1. The van der Waals surface area contributed by atoms with Gasteiger partial charge in [0.1, 0.15) is 5.56 Å². The number of nitrogens with zero attached hydrogens (tertiary/aromatic N) is 1. The van der Waals surface area contributed by atoms with E-state index in [1.54, 1.807) is 36.5 Å². The first-order valence-corrected chi connectivity index (χ1v) is 8.15. The Morgan fingerprint density at radius 2 is 1.79 bits per heavy atom. The maximum atomic E-state index is 12.6. The first kappa shape index (κ1) is 16.6. The fourth-order valence-corrected chi connectivity index (χ4v) is 3.12. The largest absolute Gasteiger partial charge is 0.347 e. The van der Waals surface area contributed by atoms with Gasteiger partial charge in [-0.2, -0.15) is 0 Å². The summed E-state index contributed by atoms with van der Waals surface area (Å²) in [7, 11) is 0. The van der Waals surface area contributed by atoms with E-state index >= 15 is 0 Å². The third-order valence-electron chi connectivity index (χ3n) is 3.69. The summed E-state index contributed by atoms with van der Waals surface area (Å²) in [6.45, 7) is 2.60. The molecule has 0 aliphatic heterocycles. The third-order valence-corrected chi connectivity index (χ3v) is 4.13. The highest BCUT2D eigenvalue weighted by atomic mass is 35.5. The molecule has 0 saturated heterocycles. The van der Waals surface area contributed by atoms with Crippen molar-refractivity contribution in [3.8, 4) is 0 Å². The lowest BCUT2D eigenvalue weighted by Crippen LogP contribution is -2.23. The average molecular weight is 361 g/mol. The molecule has 0 bridgehead atoms. The van der Waals surface area contributed by atoms with Crippen LogP contribution in [0.4, 0.5) is 5.69 Å². The molecule has 1 N–H and O–H groups in total. The molecule has 0 fully saturated rings. The summed E-state index contributed by atoms with van der Waals surface area (Å²) in [5.41, 5.74) is 1.01. The standard InChI is InChI=1S/C18H14Cl2N2O2/c1-2-22-10-15(17(23)14-5-3-4-6-16(14)22)18(24)21-13-8-11(19)7-12(20)9-13/h3-10H,2H2,1H3,(H,21,24). The molecule has 122 valence electrons. The molecular weight excluding hydrogens is 347 g/mol. The smallest absolute Gasteiger partial charge is 0.261 e. The van der Waals surface area contributed by atoms with E-state index in [1.807, 2.05) is 23.6 Å². The van der Waals surface area contributed by atoms with Crippen LogP contribution in [0.25, 0.3) is 10.9 Å². The van der Waals surface area contributed by atoms with Crippen LogP contribution >= 0.6 is 23.2 Å². The maximum Gasteiger partial charge on any atom is 0.261 e. The Kier molecular flexibility index (Phi) is 4.60. The Bertz CT molecular complexity index is 976. The summed E-state index contributed by atoms with van der Waals surface area (Å²) >= 11 is 11.9. The van der Waals surface area contributed by atoms with Crippen molar-refractivity contribution in [1.29, 1.82) is 0 Å². The van der Waals surface area contributed by atoms with Gasteiger partial charge in [-0.05, 0) is 37.3 Å². The van der Waals surface area contributed by atoms with Crippen LogP contribution in [0.1, 0.15) is 17.3 Å². The Morgan fingerprint density at radius 3 is 2.46 bits per heavy atom. The van der Waals surface area contributed by atoms with E-state index in [-0.39, 0.29) is 11.0 Å². The summed E-state index contributed by atoms with van der Waals surface area (Å²) in [5, 5.41) is 4.00. The van der Waals surface area contributed by atoms with E-state index in [1.165, 1.54) is 0 Å². The van der Waals surface area contributed by atoms with Gasteiger partial charge in [-0.3, -0.25) is 9.59 Å². The zero-order valence-electron chi connectivity index (χ0n) is 12.8. The number of hydrogen-bond donors (Lipinski definition) is 1. The number of hydrogen-bond acceptors (Lipinski definition) is 2. The molecule has 3 aromatic rings. The highest BCUT2D eigenvalue weighted by Crippen LogP contribution is 2.23. The molecular formula is C18H14Cl2N2O2. The average Bonchev–Trinajstić information content (AvgIpc) is 2.54.